The number of pyridine rings is 1. The maximum absolute atomic E-state index is 9.57. The van der Waals surface area contributed by atoms with Crippen molar-refractivity contribution in [2.45, 2.75) is 6.92 Å². The minimum Gasteiger partial charge on any atom is -0.508 e. The van der Waals surface area contributed by atoms with Gasteiger partial charge >= 0.3 is 0 Å². The van der Waals surface area contributed by atoms with Crippen LogP contribution in [0.2, 0.25) is 0 Å². The van der Waals surface area contributed by atoms with E-state index in [9.17, 15) is 5.11 Å². The number of fused-ring (bicyclic) bond motifs is 2. The molecule has 0 spiro atoms. The number of aromatic nitrogens is 3. The van der Waals surface area contributed by atoms with Gasteiger partial charge in [0.25, 0.3) is 0 Å². The Bertz CT molecular complexity index is 972. The topological polar surface area (TPSA) is 50.9 Å². The monoisotopic (exact) mass is 275 g/mol. The lowest BCUT2D eigenvalue weighted by Gasteiger charge is -2.07. The van der Waals surface area contributed by atoms with E-state index in [1.54, 1.807) is 22.9 Å². The minimum atomic E-state index is 0.240. The Morgan fingerprint density at radius 2 is 1.86 bits per heavy atom. The maximum atomic E-state index is 9.57. The van der Waals surface area contributed by atoms with Crippen molar-refractivity contribution in [2.24, 2.45) is 0 Å². The van der Waals surface area contributed by atoms with Gasteiger partial charge in [0, 0.05) is 23.2 Å². The third kappa shape index (κ3) is 1.84. The molecule has 2 aromatic heterocycles. The molecule has 102 valence electrons. The number of benzene rings is 2. The summed E-state index contributed by atoms with van der Waals surface area (Å²) >= 11 is 0. The average Bonchev–Trinajstić information content (AvgIpc) is 2.90. The van der Waals surface area contributed by atoms with Gasteiger partial charge in [-0.25, -0.2) is 9.67 Å². The summed E-state index contributed by atoms with van der Waals surface area (Å²) in [5.41, 5.74) is 1.97. The van der Waals surface area contributed by atoms with E-state index in [4.69, 9.17) is 0 Å². The molecule has 1 N–H and O–H groups in total. The summed E-state index contributed by atoms with van der Waals surface area (Å²) in [5.74, 6) is 1.04. The van der Waals surface area contributed by atoms with Crippen LogP contribution < -0.4 is 0 Å². The smallest absolute Gasteiger partial charge is 0.161 e. The van der Waals surface area contributed by atoms with Crippen LogP contribution in [0.1, 0.15) is 5.56 Å². The molecule has 2 aromatic carbocycles. The Kier molecular flexibility index (Phi) is 2.44. The van der Waals surface area contributed by atoms with Crippen molar-refractivity contribution in [3.05, 3.63) is 60.4 Å². The quantitative estimate of drug-likeness (QED) is 0.577. The first-order valence-electron chi connectivity index (χ1n) is 6.75. The second-order valence-electron chi connectivity index (χ2n) is 5.13. The van der Waals surface area contributed by atoms with E-state index in [0.29, 0.717) is 0 Å². The van der Waals surface area contributed by atoms with Gasteiger partial charge in [-0.05, 0) is 36.1 Å². The molecule has 0 fully saturated rings. The van der Waals surface area contributed by atoms with E-state index in [2.05, 4.69) is 29.1 Å². The van der Waals surface area contributed by atoms with E-state index in [0.717, 1.165) is 27.7 Å². The summed E-state index contributed by atoms with van der Waals surface area (Å²) in [4.78, 5) is 4.53. The molecule has 0 saturated heterocycles. The third-order valence-corrected chi connectivity index (χ3v) is 3.68. The number of hydrogen-bond donors (Lipinski definition) is 1. The van der Waals surface area contributed by atoms with Crippen molar-refractivity contribution in [3.8, 4) is 11.6 Å². The van der Waals surface area contributed by atoms with Gasteiger partial charge in [-0.1, -0.05) is 24.3 Å². The van der Waals surface area contributed by atoms with Crippen LogP contribution in [0.25, 0.3) is 27.5 Å². The predicted octanol–water partition coefficient (Wildman–Crippen LogP) is 3.59. The van der Waals surface area contributed by atoms with Crippen LogP contribution >= 0.6 is 0 Å². The lowest BCUT2D eigenvalue weighted by molar-refractivity contribution is 0.476. The number of phenols is 1. The summed E-state index contributed by atoms with van der Waals surface area (Å²) < 4.78 is 1.77. The highest BCUT2D eigenvalue weighted by Crippen LogP contribution is 2.25. The molecule has 4 rings (SSSR count). The molecule has 0 aliphatic carbocycles. The van der Waals surface area contributed by atoms with Crippen molar-refractivity contribution in [1.29, 1.82) is 0 Å². The standard InChI is InChI=1S/C17H13N3O/c1-11-9-18-17(15-5-3-2-4-14(11)15)20-10-12-8-13(21)6-7-16(12)19-20/h2-10,21H,1H3. The largest absolute Gasteiger partial charge is 0.508 e. The second-order valence-corrected chi connectivity index (χ2v) is 5.13. The molecule has 0 aliphatic heterocycles. The minimum absolute atomic E-state index is 0.240. The zero-order chi connectivity index (χ0) is 14.4. The van der Waals surface area contributed by atoms with Gasteiger partial charge in [-0.15, -0.1) is 0 Å². The van der Waals surface area contributed by atoms with Crippen molar-refractivity contribution >= 4 is 21.7 Å². The number of aromatic hydroxyl groups is 1. The molecule has 0 saturated carbocycles. The highest BCUT2D eigenvalue weighted by atomic mass is 16.3. The first-order valence-corrected chi connectivity index (χ1v) is 6.75. The number of rotatable bonds is 1. The van der Waals surface area contributed by atoms with Crippen LogP contribution in [-0.4, -0.2) is 19.9 Å². The highest BCUT2D eigenvalue weighted by Gasteiger charge is 2.09. The molecular weight excluding hydrogens is 262 g/mol. The predicted molar refractivity (Wildman–Crippen MR) is 82.8 cm³/mol. The SMILES string of the molecule is Cc1cnc(-n2cc3cc(O)ccc3n2)c2ccccc12. The zero-order valence-corrected chi connectivity index (χ0v) is 11.5. The Hall–Kier alpha value is -2.88. The lowest BCUT2D eigenvalue weighted by Crippen LogP contribution is -1.99. The number of hydrogen-bond acceptors (Lipinski definition) is 3. The molecule has 0 aliphatic rings. The fourth-order valence-electron chi connectivity index (χ4n) is 2.62. The molecule has 4 aromatic rings. The van der Waals surface area contributed by atoms with Crippen molar-refractivity contribution in [2.75, 3.05) is 0 Å². The fraction of sp³-hybridized carbons (Fsp3) is 0.0588. The molecule has 0 radical (unpaired) electrons. The molecule has 2 heterocycles. The van der Waals surface area contributed by atoms with E-state index in [1.807, 2.05) is 24.5 Å². The zero-order valence-electron chi connectivity index (χ0n) is 11.5. The third-order valence-electron chi connectivity index (χ3n) is 3.68. The Morgan fingerprint density at radius 3 is 2.71 bits per heavy atom. The molecule has 0 bridgehead atoms. The summed E-state index contributed by atoms with van der Waals surface area (Å²) in [6, 6.07) is 13.3. The molecule has 0 atom stereocenters. The molecule has 0 amide bonds. The normalized spacial score (nSPS) is 11.3. The van der Waals surface area contributed by atoms with Gasteiger partial charge < -0.3 is 5.11 Å². The van der Waals surface area contributed by atoms with Gasteiger partial charge in [-0.3, -0.25) is 0 Å². The molecule has 4 heteroatoms. The second kappa shape index (κ2) is 4.31. The van der Waals surface area contributed by atoms with Gasteiger partial charge in [0.15, 0.2) is 5.82 Å². The summed E-state index contributed by atoms with van der Waals surface area (Å²) in [6.45, 7) is 2.05. The van der Waals surface area contributed by atoms with Gasteiger partial charge in [0.05, 0.1) is 5.52 Å². The molecular formula is C17H13N3O. The van der Waals surface area contributed by atoms with E-state index >= 15 is 0 Å². The molecule has 21 heavy (non-hydrogen) atoms. The summed E-state index contributed by atoms with van der Waals surface area (Å²) in [7, 11) is 0. The number of aryl methyl sites for hydroxylation is 1. The lowest BCUT2D eigenvalue weighted by atomic mass is 10.1. The first kappa shape index (κ1) is 11.9. The van der Waals surface area contributed by atoms with Gasteiger partial charge in [0.2, 0.25) is 0 Å². The molecule has 0 unspecified atom stereocenters. The summed E-state index contributed by atoms with van der Waals surface area (Å²) in [6.07, 6.45) is 3.75. The van der Waals surface area contributed by atoms with Crippen LogP contribution in [0, 0.1) is 6.92 Å². The Balaban J connectivity index is 2.02. The van der Waals surface area contributed by atoms with E-state index < -0.39 is 0 Å². The summed E-state index contributed by atoms with van der Waals surface area (Å²) in [5, 5.41) is 17.2. The number of nitrogens with zero attached hydrogens (tertiary/aromatic N) is 3. The highest BCUT2D eigenvalue weighted by molar-refractivity contribution is 5.91. The van der Waals surface area contributed by atoms with Crippen LogP contribution in [0.5, 0.6) is 5.75 Å². The number of phenolic OH excluding ortho intramolecular Hbond substituents is 1. The van der Waals surface area contributed by atoms with Crippen molar-refractivity contribution in [1.82, 2.24) is 14.8 Å². The van der Waals surface area contributed by atoms with Crippen LogP contribution in [0.15, 0.2) is 54.9 Å². The van der Waals surface area contributed by atoms with Crippen LogP contribution in [0.4, 0.5) is 0 Å². The van der Waals surface area contributed by atoms with Gasteiger partial charge in [-0.2, -0.15) is 5.10 Å². The first-order chi connectivity index (χ1) is 10.2. The maximum Gasteiger partial charge on any atom is 0.161 e. The van der Waals surface area contributed by atoms with E-state index in [1.165, 1.54) is 5.39 Å². The van der Waals surface area contributed by atoms with Crippen LogP contribution in [-0.2, 0) is 0 Å². The van der Waals surface area contributed by atoms with Crippen molar-refractivity contribution < 1.29 is 5.11 Å². The van der Waals surface area contributed by atoms with Crippen LogP contribution in [0.3, 0.4) is 0 Å². The van der Waals surface area contributed by atoms with Crippen molar-refractivity contribution in [3.63, 3.8) is 0 Å². The van der Waals surface area contributed by atoms with Gasteiger partial charge in [0.1, 0.15) is 5.75 Å². The average molecular weight is 275 g/mol. The Morgan fingerprint density at radius 1 is 1.05 bits per heavy atom. The molecule has 4 nitrogen and oxygen atoms in total. The van der Waals surface area contributed by atoms with E-state index in [-0.39, 0.29) is 5.75 Å². The Labute approximate surface area is 121 Å². The fourth-order valence-corrected chi connectivity index (χ4v) is 2.62.